The third-order valence-corrected chi connectivity index (χ3v) is 7.15. The second-order valence-corrected chi connectivity index (χ2v) is 8.54. The van der Waals surface area contributed by atoms with E-state index in [-0.39, 0.29) is 0 Å². The topological polar surface area (TPSA) is 21.6 Å². The zero-order chi connectivity index (χ0) is 10.1. The van der Waals surface area contributed by atoms with Crippen LogP contribution >= 0.6 is 20.7 Å². The number of benzene rings is 1. The van der Waals surface area contributed by atoms with Crippen molar-refractivity contribution in [1.82, 2.24) is 0 Å². The van der Waals surface area contributed by atoms with Crippen molar-refractivity contribution in [2.75, 3.05) is 6.26 Å². The van der Waals surface area contributed by atoms with Crippen molar-refractivity contribution in [2.45, 2.75) is 11.8 Å². The van der Waals surface area contributed by atoms with E-state index in [1.165, 1.54) is 4.90 Å². The van der Waals surface area contributed by atoms with Crippen molar-refractivity contribution in [3.63, 3.8) is 0 Å². The van der Waals surface area contributed by atoms with Crippen LogP contribution in [0.4, 0.5) is 5.69 Å². The van der Waals surface area contributed by atoms with Gasteiger partial charge in [0, 0.05) is 0 Å². The van der Waals surface area contributed by atoms with Crippen LogP contribution in [0.15, 0.2) is 28.1 Å². The molecule has 0 unspecified atom stereocenters. The summed E-state index contributed by atoms with van der Waals surface area (Å²) < 4.78 is 6.57. The number of hydrogen-bond acceptors (Lipinski definition) is 3. The predicted octanol–water partition coefficient (Wildman–Crippen LogP) is 2.42. The van der Waals surface area contributed by atoms with Gasteiger partial charge in [-0.05, 0) is 0 Å². The molecule has 1 heterocycles. The molecule has 0 fully saturated rings. The van der Waals surface area contributed by atoms with Crippen LogP contribution in [0.5, 0.6) is 0 Å². The first kappa shape index (κ1) is 10.6. The van der Waals surface area contributed by atoms with Crippen molar-refractivity contribution in [2.24, 2.45) is 4.99 Å². The molecule has 14 heavy (non-hydrogen) atoms. The van der Waals surface area contributed by atoms with Gasteiger partial charge in [-0.3, -0.25) is 0 Å². The average Bonchev–Trinajstić information content (AvgIpc) is 2.16. The number of hydrogen-bond donors (Lipinski definition) is 0. The number of halogens is 1. The van der Waals surface area contributed by atoms with Gasteiger partial charge in [-0.2, -0.15) is 0 Å². The summed E-state index contributed by atoms with van der Waals surface area (Å²) in [6.45, 7) is 1.85. The molecule has 0 atom stereocenters. The van der Waals surface area contributed by atoms with Gasteiger partial charge in [0.15, 0.2) is 0 Å². The molecule has 0 aliphatic carbocycles. The Kier molecular flexibility index (Phi) is 3.28. The Balaban J connectivity index is 2.50. The summed E-state index contributed by atoms with van der Waals surface area (Å²) in [6, 6.07) is 6.18. The molecular weight excluding hydrogens is 333 g/mol. The maximum atomic E-state index is 6.20. The molecule has 5 heteroatoms. The number of aliphatic imine (C=N–C) groups is 1. The van der Waals surface area contributed by atoms with E-state index in [2.05, 4.69) is 23.4 Å². The SMILES string of the molecule is CSc1ccc2c(c1)N=C(C)O[Te+]2Cl. The van der Waals surface area contributed by atoms with Gasteiger partial charge in [0.05, 0.1) is 0 Å². The fraction of sp³-hybridized carbons (Fsp3) is 0.222. The van der Waals surface area contributed by atoms with Crippen LogP contribution in [0.2, 0.25) is 0 Å². The Labute approximate surface area is 98.6 Å². The van der Waals surface area contributed by atoms with Crippen LogP contribution in [-0.2, 0) is 3.10 Å². The summed E-state index contributed by atoms with van der Waals surface area (Å²) in [5, 5.41) is 0. The zero-order valence-electron chi connectivity index (χ0n) is 7.78. The molecule has 1 aliphatic rings. The van der Waals surface area contributed by atoms with Crippen molar-refractivity contribution >= 4 is 54.8 Å². The van der Waals surface area contributed by atoms with Gasteiger partial charge in [-0.25, -0.2) is 0 Å². The van der Waals surface area contributed by atoms with Crippen molar-refractivity contribution in [3.8, 4) is 0 Å². The molecule has 0 N–H and O–H groups in total. The molecule has 0 aromatic heterocycles. The minimum atomic E-state index is -2.05. The first-order valence-electron chi connectivity index (χ1n) is 4.03. The summed E-state index contributed by atoms with van der Waals surface area (Å²) in [5.41, 5.74) is 0.993. The van der Waals surface area contributed by atoms with Crippen LogP contribution in [-0.4, -0.2) is 31.0 Å². The van der Waals surface area contributed by atoms with Crippen LogP contribution in [0, 0.1) is 0 Å². The van der Waals surface area contributed by atoms with Gasteiger partial charge in [0.2, 0.25) is 0 Å². The molecule has 2 rings (SSSR count). The standard InChI is InChI=1S/C9H9ClNOSTe/c1-6-11-8-5-7(13-2)3-4-9(8)14(10)12-6/h3-5H,1-2H3/q+1. The molecule has 74 valence electrons. The fourth-order valence-corrected chi connectivity index (χ4v) is 5.34. The quantitative estimate of drug-likeness (QED) is 0.578. The number of nitrogens with zero attached hydrogens (tertiary/aromatic N) is 1. The van der Waals surface area contributed by atoms with Gasteiger partial charge >= 0.3 is 99.1 Å². The van der Waals surface area contributed by atoms with Crippen LogP contribution < -0.4 is 3.61 Å². The van der Waals surface area contributed by atoms with Crippen molar-refractivity contribution in [1.29, 1.82) is 0 Å². The second-order valence-electron chi connectivity index (χ2n) is 2.77. The summed E-state index contributed by atoms with van der Waals surface area (Å²) in [4.78, 5) is 5.56. The normalized spacial score (nSPS) is 15.8. The van der Waals surface area contributed by atoms with E-state index in [1.807, 2.05) is 13.0 Å². The molecule has 1 aromatic rings. The van der Waals surface area contributed by atoms with E-state index in [4.69, 9.17) is 12.1 Å². The first-order chi connectivity index (χ1) is 6.70. The summed E-state index contributed by atoms with van der Waals surface area (Å²) in [5.74, 6) is 0.697. The molecule has 0 radical (unpaired) electrons. The molecular formula is C9H9ClNOSTe+. The van der Waals surface area contributed by atoms with Crippen LogP contribution in [0.25, 0.3) is 0 Å². The Morgan fingerprint density at radius 1 is 1.50 bits per heavy atom. The summed E-state index contributed by atoms with van der Waals surface area (Å²) in [6.07, 6.45) is 2.05. The van der Waals surface area contributed by atoms with E-state index >= 15 is 0 Å². The van der Waals surface area contributed by atoms with E-state index < -0.39 is 18.8 Å². The predicted molar refractivity (Wildman–Crippen MR) is 63.3 cm³/mol. The number of fused-ring (bicyclic) bond motifs is 1. The Hall–Kier alpha value is 0.120. The third-order valence-electron chi connectivity index (χ3n) is 1.81. The summed E-state index contributed by atoms with van der Waals surface area (Å²) >= 11 is -0.341. The van der Waals surface area contributed by atoms with Crippen LogP contribution in [0.3, 0.4) is 0 Å². The van der Waals surface area contributed by atoms with E-state index in [1.54, 1.807) is 11.8 Å². The Bertz CT molecular complexity index is 396. The van der Waals surface area contributed by atoms with E-state index in [0.29, 0.717) is 5.90 Å². The van der Waals surface area contributed by atoms with Gasteiger partial charge in [0.25, 0.3) is 0 Å². The minimum absolute atomic E-state index is 0.697. The summed E-state index contributed by atoms with van der Waals surface area (Å²) in [7, 11) is 6.20. The number of rotatable bonds is 1. The first-order valence-corrected chi connectivity index (χ1v) is 10.3. The van der Waals surface area contributed by atoms with Gasteiger partial charge < -0.3 is 0 Å². The molecule has 1 aliphatic heterocycles. The average molecular weight is 342 g/mol. The maximum absolute atomic E-state index is 6.20. The Morgan fingerprint density at radius 2 is 2.29 bits per heavy atom. The molecule has 2 nitrogen and oxygen atoms in total. The molecule has 0 saturated carbocycles. The van der Waals surface area contributed by atoms with Gasteiger partial charge in [-0.1, -0.05) is 0 Å². The van der Waals surface area contributed by atoms with E-state index in [9.17, 15) is 0 Å². The van der Waals surface area contributed by atoms with Crippen LogP contribution in [0.1, 0.15) is 6.92 Å². The fourth-order valence-electron chi connectivity index (χ4n) is 1.19. The zero-order valence-corrected chi connectivity index (χ0v) is 11.7. The number of thioether (sulfide) groups is 1. The van der Waals surface area contributed by atoms with Crippen molar-refractivity contribution < 1.29 is 3.10 Å². The molecule has 1 aromatic carbocycles. The van der Waals surface area contributed by atoms with Gasteiger partial charge in [-0.15, -0.1) is 0 Å². The van der Waals surface area contributed by atoms with Gasteiger partial charge in [0.1, 0.15) is 0 Å². The second kappa shape index (κ2) is 4.32. The third kappa shape index (κ3) is 2.04. The molecule has 0 amide bonds. The van der Waals surface area contributed by atoms with E-state index in [0.717, 1.165) is 9.30 Å². The molecule has 0 saturated heterocycles. The Morgan fingerprint density at radius 3 is 3.00 bits per heavy atom. The monoisotopic (exact) mass is 344 g/mol. The van der Waals surface area contributed by atoms with Crippen molar-refractivity contribution in [3.05, 3.63) is 18.2 Å². The molecule has 0 bridgehead atoms. The molecule has 0 spiro atoms.